The van der Waals surface area contributed by atoms with Gasteiger partial charge in [-0.25, -0.2) is 0 Å². The maximum Gasteiger partial charge on any atom is 0.257 e. The van der Waals surface area contributed by atoms with E-state index in [9.17, 15) is 9.90 Å². The lowest BCUT2D eigenvalue weighted by Crippen LogP contribution is -2.52. The van der Waals surface area contributed by atoms with Gasteiger partial charge in [0.1, 0.15) is 0 Å². The van der Waals surface area contributed by atoms with Crippen molar-refractivity contribution in [1.29, 1.82) is 0 Å². The second-order valence-electron chi connectivity index (χ2n) is 4.78. The number of aliphatic hydroxyl groups is 1. The highest BCUT2D eigenvalue weighted by atomic mass is 16.5. The van der Waals surface area contributed by atoms with E-state index in [4.69, 9.17) is 4.74 Å². The Morgan fingerprint density at radius 1 is 1.10 bits per heavy atom. The molecule has 1 heterocycles. The molecule has 0 aromatic heterocycles. The highest BCUT2D eigenvalue weighted by Crippen LogP contribution is 2.41. The number of anilines is 1. The quantitative estimate of drug-likeness (QED) is 0.875. The first-order chi connectivity index (χ1) is 9.67. The Morgan fingerprint density at radius 2 is 1.75 bits per heavy atom. The van der Waals surface area contributed by atoms with Gasteiger partial charge in [0, 0.05) is 18.4 Å². The summed E-state index contributed by atoms with van der Waals surface area (Å²) in [6, 6.07) is 16.3. The van der Waals surface area contributed by atoms with Gasteiger partial charge in [0.2, 0.25) is 0 Å². The summed E-state index contributed by atoms with van der Waals surface area (Å²) >= 11 is 0. The van der Waals surface area contributed by atoms with Gasteiger partial charge in [-0.2, -0.15) is 0 Å². The molecule has 3 rings (SSSR count). The van der Waals surface area contributed by atoms with Gasteiger partial charge >= 0.3 is 0 Å². The van der Waals surface area contributed by atoms with Gasteiger partial charge in [-0.1, -0.05) is 48.5 Å². The van der Waals surface area contributed by atoms with Crippen molar-refractivity contribution in [3.63, 3.8) is 0 Å². The molecule has 1 amide bonds. The summed E-state index contributed by atoms with van der Waals surface area (Å²) in [6.45, 7) is 0. The van der Waals surface area contributed by atoms with Crippen LogP contribution in [0.3, 0.4) is 0 Å². The number of rotatable bonds is 2. The number of hydrogen-bond donors (Lipinski definition) is 2. The summed E-state index contributed by atoms with van der Waals surface area (Å²) in [4.78, 5) is 12.2. The predicted octanol–water partition coefficient (Wildman–Crippen LogP) is 1.89. The molecule has 0 saturated carbocycles. The Kier molecular flexibility index (Phi) is 3.04. The SMILES string of the molecule is CO[C@@H]1C(=O)Nc2ccccc2[C@@]1(O)c1ccccc1. The van der Waals surface area contributed by atoms with E-state index in [1.807, 2.05) is 30.3 Å². The first kappa shape index (κ1) is 12.8. The molecule has 0 bridgehead atoms. The normalized spacial score (nSPS) is 24.9. The van der Waals surface area contributed by atoms with Crippen molar-refractivity contribution < 1.29 is 14.6 Å². The van der Waals surface area contributed by atoms with Crippen LogP contribution >= 0.6 is 0 Å². The fraction of sp³-hybridized carbons (Fsp3) is 0.188. The fourth-order valence-electron chi connectivity index (χ4n) is 2.73. The molecule has 102 valence electrons. The van der Waals surface area contributed by atoms with Crippen molar-refractivity contribution in [1.82, 2.24) is 0 Å². The molecule has 4 heteroatoms. The average molecular weight is 269 g/mol. The maximum atomic E-state index is 12.2. The topological polar surface area (TPSA) is 58.6 Å². The van der Waals surface area contributed by atoms with Gasteiger partial charge in [0.25, 0.3) is 5.91 Å². The Labute approximate surface area is 117 Å². The summed E-state index contributed by atoms with van der Waals surface area (Å²) in [5.41, 5.74) is 0.388. The molecule has 0 unspecified atom stereocenters. The van der Waals surface area contributed by atoms with E-state index in [1.165, 1.54) is 7.11 Å². The molecular formula is C16H15NO3. The van der Waals surface area contributed by atoms with Crippen LogP contribution in [-0.4, -0.2) is 24.2 Å². The third-order valence-electron chi connectivity index (χ3n) is 3.66. The number of para-hydroxylation sites is 1. The maximum absolute atomic E-state index is 12.2. The molecule has 1 aliphatic heterocycles. The number of methoxy groups -OCH3 is 1. The second kappa shape index (κ2) is 4.74. The first-order valence-corrected chi connectivity index (χ1v) is 6.39. The van der Waals surface area contributed by atoms with Crippen LogP contribution in [0.2, 0.25) is 0 Å². The Bertz CT molecular complexity index is 641. The third-order valence-corrected chi connectivity index (χ3v) is 3.66. The minimum Gasteiger partial charge on any atom is -0.377 e. The van der Waals surface area contributed by atoms with E-state index >= 15 is 0 Å². The largest absolute Gasteiger partial charge is 0.377 e. The number of carbonyl (C=O) groups excluding carboxylic acids is 1. The van der Waals surface area contributed by atoms with Crippen LogP contribution in [-0.2, 0) is 15.1 Å². The van der Waals surface area contributed by atoms with Crippen molar-refractivity contribution in [2.75, 3.05) is 12.4 Å². The number of amides is 1. The number of fused-ring (bicyclic) bond motifs is 1. The van der Waals surface area contributed by atoms with Crippen LogP contribution in [0.4, 0.5) is 5.69 Å². The van der Waals surface area contributed by atoms with E-state index in [0.29, 0.717) is 16.8 Å². The molecule has 0 saturated heterocycles. The highest BCUT2D eigenvalue weighted by Gasteiger charge is 2.49. The molecule has 4 nitrogen and oxygen atoms in total. The highest BCUT2D eigenvalue weighted by molar-refractivity contribution is 5.99. The zero-order chi connectivity index (χ0) is 14.2. The van der Waals surface area contributed by atoms with E-state index in [0.717, 1.165) is 0 Å². The summed E-state index contributed by atoms with van der Waals surface area (Å²) in [5.74, 6) is -0.349. The fourth-order valence-corrected chi connectivity index (χ4v) is 2.73. The molecule has 2 N–H and O–H groups in total. The van der Waals surface area contributed by atoms with Gasteiger partial charge < -0.3 is 15.2 Å². The van der Waals surface area contributed by atoms with Crippen LogP contribution in [0.15, 0.2) is 54.6 Å². The molecule has 2 aromatic rings. The number of carbonyl (C=O) groups is 1. The third kappa shape index (κ3) is 1.73. The summed E-state index contributed by atoms with van der Waals surface area (Å²) in [6.07, 6.45) is -0.986. The Morgan fingerprint density at radius 3 is 2.45 bits per heavy atom. The van der Waals surface area contributed by atoms with Gasteiger partial charge in [-0.3, -0.25) is 4.79 Å². The minimum atomic E-state index is -1.49. The molecule has 0 fully saturated rings. The molecule has 0 spiro atoms. The molecule has 1 aliphatic rings. The summed E-state index contributed by atoms with van der Waals surface area (Å²) in [7, 11) is 1.42. The minimum absolute atomic E-state index is 0.349. The van der Waals surface area contributed by atoms with E-state index < -0.39 is 11.7 Å². The van der Waals surface area contributed by atoms with E-state index in [1.54, 1.807) is 24.3 Å². The van der Waals surface area contributed by atoms with Crippen LogP contribution in [0.5, 0.6) is 0 Å². The number of benzene rings is 2. The van der Waals surface area contributed by atoms with Crippen molar-refractivity contribution in [2.45, 2.75) is 11.7 Å². The van der Waals surface area contributed by atoms with E-state index in [-0.39, 0.29) is 5.91 Å². The summed E-state index contributed by atoms with van der Waals surface area (Å²) < 4.78 is 5.27. The summed E-state index contributed by atoms with van der Waals surface area (Å²) in [5, 5.41) is 14.0. The first-order valence-electron chi connectivity index (χ1n) is 6.39. The van der Waals surface area contributed by atoms with Crippen LogP contribution in [0, 0.1) is 0 Å². The van der Waals surface area contributed by atoms with Crippen molar-refractivity contribution in [2.24, 2.45) is 0 Å². The lowest BCUT2D eigenvalue weighted by Gasteiger charge is -2.40. The Hall–Kier alpha value is -2.17. The number of hydrogen-bond acceptors (Lipinski definition) is 3. The average Bonchev–Trinajstić information content (AvgIpc) is 2.48. The monoisotopic (exact) mass is 269 g/mol. The number of ether oxygens (including phenoxy) is 1. The predicted molar refractivity (Wildman–Crippen MR) is 75.3 cm³/mol. The molecular weight excluding hydrogens is 254 g/mol. The van der Waals surface area contributed by atoms with Crippen LogP contribution in [0.25, 0.3) is 0 Å². The number of nitrogens with one attached hydrogen (secondary N) is 1. The zero-order valence-electron chi connectivity index (χ0n) is 11.0. The van der Waals surface area contributed by atoms with Gasteiger partial charge in [-0.05, 0) is 11.6 Å². The lowest BCUT2D eigenvalue weighted by atomic mass is 9.78. The van der Waals surface area contributed by atoms with Crippen molar-refractivity contribution in [3.05, 3.63) is 65.7 Å². The van der Waals surface area contributed by atoms with Crippen LogP contribution < -0.4 is 5.32 Å². The van der Waals surface area contributed by atoms with Gasteiger partial charge in [0.15, 0.2) is 11.7 Å². The molecule has 0 aliphatic carbocycles. The standard InChI is InChI=1S/C16H15NO3/c1-20-14-15(18)17-13-10-6-5-9-12(13)16(14,19)11-7-3-2-4-8-11/h2-10,14,19H,1H3,(H,17,18)/t14-,16+/m1/s1. The van der Waals surface area contributed by atoms with Crippen molar-refractivity contribution in [3.8, 4) is 0 Å². The smallest absolute Gasteiger partial charge is 0.257 e. The molecule has 0 radical (unpaired) electrons. The van der Waals surface area contributed by atoms with Gasteiger partial charge in [0.05, 0.1) is 0 Å². The van der Waals surface area contributed by atoms with Crippen molar-refractivity contribution >= 4 is 11.6 Å². The van der Waals surface area contributed by atoms with Crippen LogP contribution in [0.1, 0.15) is 11.1 Å². The molecule has 2 aromatic carbocycles. The van der Waals surface area contributed by atoms with E-state index in [2.05, 4.69) is 5.32 Å². The molecule has 20 heavy (non-hydrogen) atoms. The zero-order valence-corrected chi connectivity index (χ0v) is 11.0. The Balaban J connectivity index is 2.26. The lowest BCUT2D eigenvalue weighted by molar-refractivity contribution is -0.142. The molecule has 2 atom stereocenters. The van der Waals surface area contributed by atoms with Gasteiger partial charge in [-0.15, -0.1) is 0 Å². The second-order valence-corrected chi connectivity index (χ2v) is 4.78.